The van der Waals surface area contributed by atoms with Gasteiger partial charge in [-0.3, -0.25) is 4.79 Å². The standard InChI is InChI=1S/C21H22N6O2/c1-29-18-5-2-4-16(14-18)25-20(28)19-7-6-17(15-24-19)26-10-12-27(13-11-26)21-22-8-3-9-23-21/h2-9,14-15H,10-13H2,1H3,(H,25,28). The fourth-order valence-electron chi connectivity index (χ4n) is 3.22. The van der Waals surface area contributed by atoms with Gasteiger partial charge in [-0.25, -0.2) is 15.0 Å². The number of methoxy groups -OCH3 is 1. The number of amides is 1. The molecule has 0 radical (unpaired) electrons. The highest BCUT2D eigenvalue weighted by molar-refractivity contribution is 6.03. The summed E-state index contributed by atoms with van der Waals surface area (Å²) in [6.07, 6.45) is 5.26. The van der Waals surface area contributed by atoms with Crippen LogP contribution in [0.5, 0.6) is 5.75 Å². The number of carbonyl (C=O) groups excluding carboxylic acids is 1. The third-order valence-electron chi connectivity index (χ3n) is 4.79. The molecule has 0 unspecified atom stereocenters. The largest absolute Gasteiger partial charge is 0.497 e. The summed E-state index contributed by atoms with van der Waals surface area (Å²) in [6, 6.07) is 12.7. The Labute approximate surface area is 169 Å². The van der Waals surface area contributed by atoms with Crippen molar-refractivity contribution in [1.82, 2.24) is 15.0 Å². The van der Waals surface area contributed by atoms with Crippen LogP contribution in [-0.2, 0) is 0 Å². The van der Waals surface area contributed by atoms with Crippen molar-refractivity contribution in [2.24, 2.45) is 0 Å². The van der Waals surface area contributed by atoms with Gasteiger partial charge in [0.1, 0.15) is 11.4 Å². The third kappa shape index (κ3) is 4.43. The number of benzene rings is 1. The van der Waals surface area contributed by atoms with E-state index in [0.29, 0.717) is 17.1 Å². The Kier molecular flexibility index (Phi) is 5.51. The number of carbonyl (C=O) groups is 1. The van der Waals surface area contributed by atoms with E-state index in [0.717, 1.165) is 37.8 Å². The lowest BCUT2D eigenvalue weighted by atomic mass is 10.2. The van der Waals surface area contributed by atoms with Crippen molar-refractivity contribution in [1.29, 1.82) is 0 Å². The molecule has 8 heteroatoms. The smallest absolute Gasteiger partial charge is 0.274 e. The van der Waals surface area contributed by atoms with Crippen LogP contribution in [-0.4, -0.2) is 54.1 Å². The van der Waals surface area contributed by atoms with Crippen molar-refractivity contribution < 1.29 is 9.53 Å². The number of ether oxygens (including phenoxy) is 1. The van der Waals surface area contributed by atoms with E-state index >= 15 is 0 Å². The molecular formula is C21H22N6O2. The normalized spacial score (nSPS) is 13.8. The number of nitrogens with zero attached hydrogens (tertiary/aromatic N) is 5. The number of piperazine rings is 1. The summed E-state index contributed by atoms with van der Waals surface area (Å²) in [5, 5.41) is 2.84. The maximum atomic E-state index is 12.5. The van der Waals surface area contributed by atoms with E-state index in [1.165, 1.54) is 0 Å². The lowest BCUT2D eigenvalue weighted by Gasteiger charge is -2.35. The fraction of sp³-hybridized carbons (Fsp3) is 0.238. The van der Waals surface area contributed by atoms with Crippen molar-refractivity contribution in [3.05, 3.63) is 66.7 Å². The number of anilines is 3. The quantitative estimate of drug-likeness (QED) is 0.716. The van der Waals surface area contributed by atoms with Crippen molar-refractivity contribution >= 4 is 23.2 Å². The zero-order valence-electron chi connectivity index (χ0n) is 16.2. The maximum absolute atomic E-state index is 12.5. The molecular weight excluding hydrogens is 368 g/mol. The minimum atomic E-state index is -0.254. The lowest BCUT2D eigenvalue weighted by molar-refractivity contribution is 0.102. The Bertz CT molecular complexity index is 956. The molecule has 1 aliphatic rings. The minimum Gasteiger partial charge on any atom is -0.497 e. The fourth-order valence-corrected chi connectivity index (χ4v) is 3.22. The molecule has 0 spiro atoms. The second-order valence-electron chi connectivity index (χ2n) is 6.61. The molecule has 2 aromatic heterocycles. The van der Waals surface area contributed by atoms with Gasteiger partial charge >= 0.3 is 0 Å². The number of hydrogen-bond acceptors (Lipinski definition) is 7. The minimum absolute atomic E-state index is 0.254. The Morgan fingerprint density at radius 1 is 0.966 bits per heavy atom. The van der Waals surface area contributed by atoms with Crippen LogP contribution in [0.4, 0.5) is 17.3 Å². The molecule has 1 aromatic carbocycles. The van der Waals surface area contributed by atoms with Crippen LogP contribution < -0.4 is 19.9 Å². The van der Waals surface area contributed by atoms with Crippen LogP contribution in [0.3, 0.4) is 0 Å². The lowest BCUT2D eigenvalue weighted by Crippen LogP contribution is -2.47. The number of nitrogens with one attached hydrogen (secondary N) is 1. The zero-order valence-corrected chi connectivity index (χ0v) is 16.2. The van der Waals surface area contributed by atoms with Crippen molar-refractivity contribution in [3.63, 3.8) is 0 Å². The summed E-state index contributed by atoms with van der Waals surface area (Å²) in [5.74, 6) is 1.19. The summed E-state index contributed by atoms with van der Waals surface area (Å²) >= 11 is 0. The van der Waals surface area contributed by atoms with Crippen LogP contribution in [0, 0.1) is 0 Å². The van der Waals surface area contributed by atoms with Crippen molar-refractivity contribution in [3.8, 4) is 5.75 Å². The summed E-state index contributed by atoms with van der Waals surface area (Å²) in [7, 11) is 1.59. The molecule has 1 amide bonds. The predicted octanol–water partition coefficient (Wildman–Crippen LogP) is 2.46. The molecule has 148 valence electrons. The monoisotopic (exact) mass is 390 g/mol. The summed E-state index contributed by atoms with van der Waals surface area (Å²) in [6.45, 7) is 3.36. The van der Waals surface area contributed by atoms with Gasteiger partial charge in [-0.1, -0.05) is 6.07 Å². The van der Waals surface area contributed by atoms with Gasteiger partial charge in [0, 0.05) is 50.3 Å². The predicted molar refractivity (Wildman–Crippen MR) is 112 cm³/mol. The van der Waals surface area contributed by atoms with Crippen molar-refractivity contribution in [2.75, 3.05) is 48.4 Å². The second kappa shape index (κ2) is 8.55. The Morgan fingerprint density at radius 3 is 2.41 bits per heavy atom. The zero-order chi connectivity index (χ0) is 20.1. The molecule has 0 atom stereocenters. The Balaban J connectivity index is 1.36. The first kappa shape index (κ1) is 18.7. The highest BCUT2D eigenvalue weighted by atomic mass is 16.5. The first-order chi connectivity index (χ1) is 14.2. The first-order valence-electron chi connectivity index (χ1n) is 9.41. The van der Waals surface area contributed by atoms with E-state index in [1.54, 1.807) is 37.8 Å². The van der Waals surface area contributed by atoms with Gasteiger partial charge in [-0.2, -0.15) is 0 Å². The average molecular weight is 390 g/mol. The van der Waals surface area contributed by atoms with E-state index in [9.17, 15) is 4.79 Å². The van der Waals surface area contributed by atoms with E-state index in [-0.39, 0.29) is 5.91 Å². The molecule has 4 rings (SSSR count). The molecule has 3 aromatic rings. The van der Waals surface area contributed by atoms with E-state index in [1.807, 2.05) is 30.3 Å². The molecule has 3 heterocycles. The topological polar surface area (TPSA) is 83.5 Å². The van der Waals surface area contributed by atoms with Crippen LogP contribution in [0.25, 0.3) is 0 Å². The first-order valence-corrected chi connectivity index (χ1v) is 9.41. The van der Waals surface area contributed by atoms with E-state index in [2.05, 4.69) is 30.1 Å². The Hall–Kier alpha value is -3.68. The van der Waals surface area contributed by atoms with Crippen LogP contribution in [0.1, 0.15) is 10.5 Å². The van der Waals surface area contributed by atoms with Crippen LogP contribution >= 0.6 is 0 Å². The molecule has 1 fully saturated rings. The molecule has 1 aliphatic heterocycles. The van der Waals surface area contributed by atoms with Crippen LogP contribution in [0.15, 0.2) is 61.1 Å². The van der Waals surface area contributed by atoms with E-state index in [4.69, 9.17) is 4.74 Å². The van der Waals surface area contributed by atoms with E-state index < -0.39 is 0 Å². The molecule has 1 N–H and O–H groups in total. The summed E-state index contributed by atoms with van der Waals surface area (Å²) in [4.78, 5) is 29.8. The van der Waals surface area contributed by atoms with Gasteiger partial charge in [-0.05, 0) is 30.3 Å². The number of pyridine rings is 1. The van der Waals surface area contributed by atoms with Gasteiger partial charge in [0.05, 0.1) is 19.0 Å². The summed E-state index contributed by atoms with van der Waals surface area (Å²) < 4.78 is 5.18. The number of aromatic nitrogens is 3. The molecule has 29 heavy (non-hydrogen) atoms. The summed E-state index contributed by atoms with van der Waals surface area (Å²) in [5.41, 5.74) is 2.03. The maximum Gasteiger partial charge on any atom is 0.274 e. The van der Waals surface area contributed by atoms with Gasteiger partial charge in [0.15, 0.2) is 0 Å². The van der Waals surface area contributed by atoms with Gasteiger partial charge in [0.2, 0.25) is 5.95 Å². The highest BCUT2D eigenvalue weighted by Crippen LogP contribution is 2.19. The number of rotatable bonds is 5. The second-order valence-corrected chi connectivity index (χ2v) is 6.61. The highest BCUT2D eigenvalue weighted by Gasteiger charge is 2.19. The van der Waals surface area contributed by atoms with Crippen LogP contribution in [0.2, 0.25) is 0 Å². The van der Waals surface area contributed by atoms with Gasteiger partial charge < -0.3 is 19.9 Å². The number of hydrogen-bond donors (Lipinski definition) is 1. The average Bonchev–Trinajstić information content (AvgIpc) is 2.80. The molecule has 0 bridgehead atoms. The van der Waals surface area contributed by atoms with Crippen molar-refractivity contribution in [2.45, 2.75) is 0 Å². The molecule has 0 saturated carbocycles. The SMILES string of the molecule is COc1cccc(NC(=O)c2ccc(N3CCN(c4ncccn4)CC3)cn2)c1. The molecule has 0 aliphatic carbocycles. The van der Waals surface area contributed by atoms with Gasteiger partial charge in [0.25, 0.3) is 5.91 Å². The third-order valence-corrected chi connectivity index (χ3v) is 4.79. The molecule has 1 saturated heterocycles. The van der Waals surface area contributed by atoms with Gasteiger partial charge in [-0.15, -0.1) is 0 Å². The Morgan fingerprint density at radius 2 is 1.72 bits per heavy atom. The molecule has 8 nitrogen and oxygen atoms in total.